The van der Waals surface area contributed by atoms with Crippen molar-refractivity contribution < 1.29 is 9.53 Å². The smallest absolute Gasteiger partial charge is 0.338 e. The van der Waals surface area contributed by atoms with Crippen molar-refractivity contribution in [1.29, 1.82) is 0 Å². The standard InChI is InChI=1S/C13H15N3O2/c1-10-15-9-12(14)16(10)7-8-18-13(17)11-5-3-2-4-6-11/h2-6,9H,7-8,14H2,1H3. The van der Waals surface area contributed by atoms with Gasteiger partial charge in [-0.1, -0.05) is 18.2 Å². The number of anilines is 1. The molecule has 5 nitrogen and oxygen atoms in total. The number of esters is 1. The number of nitrogens with two attached hydrogens (primary N) is 1. The maximum Gasteiger partial charge on any atom is 0.338 e. The van der Waals surface area contributed by atoms with Gasteiger partial charge in [-0.05, 0) is 19.1 Å². The first-order chi connectivity index (χ1) is 8.68. The zero-order valence-corrected chi connectivity index (χ0v) is 10.2. The molecule has 0 atom stereocenters. The van der Waals surface area contributed by atoms with Crippen molar-refractivity contribution >= 4 is 11.8 Å². The minimum Gasteiger partial charge on any atom is -0.460 e. The number of ether oxygens (including phenoxy) is 1. The number of nitrogens with zero attached hydrogens (tertiary/aromatic N) is 2. The van der Waals surface area contributed by atoms with Crippen LogP contribution in [0.25, 0.3) is 0 Å². The van der Waals surface area contributed by atoms with Gasteiger partial charge in [0.1, 0.15) is 18.2 Å². The molecule has 0 saturated carbocycles. The van der Waals surface area contributed by atoms with Crippen LogP contribution in [0.5, 0.6) is 0 Å². The Bertz CT molecular complexity index is 515. The van der Waals surface area contributed by atoms with E-state index < -0.39 is 0 Å². The van der Waals surface area contributed by atoms with Gasteiger partial charge in [0.05, 0.1) is 18.3 Å². The number of carbonyl (C=O) groups is 1. The molecule has 2 rings (SSSR count). The summed E-state index contributed by atoms with van der Waals surface area (Å²) in [5, 5.41) is 0. The number of nitrogen functional groups attached to an aromatic ring is 1. The van der Waals surface area contributed by atoms with Gasteiger partial charge in [0, 0.05) is 0 Å². The van der Waals surface area contributed by atoms with E-state index >= 15 is 0 Å². The molecule has 1 heterocycles. The monoisotopic (exact) mass is 245 g/mol. The predicted octanol–water partition coefficient (Wildman–Crippen LogP) is 1.63. The van der Waals surface area contributed by atoms with E-state index in [1.807, 2.05) is 13.0 Å². The molecule has 0 aliphatic heterocycles. The van der Waals surface area contributed by atoms with Crippen LogP contribution in [-0.4, -0.2) is 22.1 Å². The molecular weight excluding hydrogens is 230 g/mol. The summed E-state index contributed by atoms with van der Waals surface area (Å²) in [7, 11) is 0. The van der Waals surface area contributed by atoms with Gasteiger partial charge < -0.3 is 15.0 Å². The van der Waals surface area contributed by atoms with Gasteiger partial charge >= 0.3 is 5.97 Å². The molecule has 94 valence electrons. The first-order valence-electron chi connectivity index (χ1n) is 5.68. The number of hydrogen-bond acceptors (Lipinski definition) is 4. The van der Waals surface area contributed by atoms with Crippen LogP contribution < -0.4 is 5.73 Å². The molecule has 5 heteroatoms. The molecule has 1 aromatic carbocycles. The molecule has 1 aromatic heterocycles. The summed E-state index contributed by atoms with van der Waals surface area (Å²) in [5.41, 5.74) is 6.28. The van der Waals surface area contributed by atoms with Crippen LogP contribution >= 0.6 is 0 Å². The molecule has 0 fully saturated rings. The van der Waals surface area contributed by atoms with Crippen molar-refractivity contribution in [2.24, 2.45) is 0 Å². The van der Waals surface area contributed by atoms with Crippen molar-refractivity contribution in [2.75, 3.05) is 12.3 Å². The normalized spacial score (nSPS) is 10.3. The molecule has 0 spiro atoms. The maximum absolute atomic E-state index is 11.7. The highest BCUT2D eigenvalue weighted by atomic mass is 16.5. The average Bonchev–Trinajstić information content (AvgIpc) is 2.71. The van der Waals surface area contributed by atoms with E-state index in [0.29, 0.717) is 17.9 Å². The Hall–Kier alpha value is -2.30. The lowest BCUT2D eigenvalue weighted by molar-refractivity contribution is 0.0491. The number of aryl methyl sites for hydroxylation is 1. The fourth-order valence-corrected chi connectivity index (χ4v) is 1.66. The summed E-state index contributed by atoms with van der Waals surface area (Å²) in [6.07, 6.45) is 1.59. The first-order valence-corrected chi connectivity index (χ1v) is 5.68. The van der Waals surface area contributed by atoms with Gasteiger partial charge in [0.2, 0.25) is 0 Å². The third-order valence-electron chi connectivity index (χ3n) is 2.64. The largest absolute Gasteiger partial charge is 0.460 e. The van der Waals surface area contributed by atoms with E-state index in [1.54, 1.807) is 35.0 Å². The van der Waals surface area contributed by atoms with E-state index in [0.717, 1.165) is 5.82 Å². The molecular formula is C13H15N3O2. The minimum atomic E-state index is -0.327. The number of benzene rings is 1. The van der Waals surface area contributed by atoms with Crippen LogP contribution in [0, 0.1) is 6.92 Å². The van der Waals surface area contributed by atoms with E-state index in [-0.39, 0.29) is 12.6 Å². The van der Waals surface area contributed by atoms with Gasteiger partial charge in [-0.15, -0.1) is 0 Å². The number of hydrogen-bond donors (Lipinski definition) is 1. The quantitative estimate of drug-likeness (QED) is 0.831. The van der Waals surface area contributed by atoms with E-state index in [4.69, 9.17) is 10.5 Å². The second-order valence-corrected chi connectivity index (χ2v) is 3.88. The van der Waals surface area contributed by atoms with E-state index in [2.05, 4.69) is 4.98 Å². The van der Waals surface area contributed by atoms with E-state index in [1.165, 1.54) is 0 Å². The summed E-state index contributed by atoms with van der Waals surface area (Å²) >= 11 is 0. The number of rotatable bonds is 4. The SMILES string of the molecule is Cc1ncc(N)n1CCOC(=O)c1ccccc1. The summed E-state index contributed by atoms with van der Waals surface area (Å²) in [6, 6.07) is 8.90. The Morgan fingerprint density at radius 1 is 1.39 bits per heavy atom. The molecule has 0 amide bonds. The Balaban J connectivity index is 1.88. The zero-order chi connectivity index (χ0) is 13.0. The van der Waals surface area contributed by atoms with Gasteiger partial charge in [-0.2, -0.15) is 0 Å². The van der Waals surface area contributed by atoms with E-state index in [9.17, 15) is 4.79 Å². The summed E-state index contributed by atoms with van der Waals surface area (Å²) in [5.74, 6) is 1.05. The molecule has 0 radical (unpaired) electrons. The summed E-state index contributed by atoms with van der Waals surface area (Å²) < 4.78 is 6.97. The van der Waals surface area contributed by atoms with Crippen LogP contribution in [0.15, 0.2) is 36.5 Å². The first kappa shape index (κ1) is 12.2. The van der Waals surface area contributed by atoms with Crippen LogP contribution in [0.2, 0.25) is 0 Å². The fraction of sp³-hybridized carbons (Fsp3) is 0.231. The molecule has 18 heavy (non-hydrogen) atoms. The van der Waals surface area contributed by atoms with Crippen molar-refractivity contribution in [3.8, 4) is 0 Å². The van der Waals surface area contributed by atoms with Crippen molar-refractivity contribution in [1.82, 2.24) is 9.55 Å². The fourth-order valence-electron chi connectivity index (χ4n) is 1.66. The molecule has 2 N–H and O–H groups in total. The Kier molecular flexibility index (Phi) is 3.62. The number of aromatic nitrogens is 2. The van der Waals surface area contributed by atoms with Crippen molar-refractivity contribution in [3.05, 3.63) is 47.9 Å². The average molecular weight is 245 g/mol. The van der Waals surface area contributed by atoms with Gasteiger partial charge in [0.25, 0.3) is 0 Å². The third-order valence-corrected chi connectivity index (χ3v) is 2.64. The van der Waals surface area contributed by atoms with Crippen LogP contribution in [-0.2, 0) is 11.3 Å². The lowest BCUT2D eigenvalue weighted by Crippen LogP contribution is -2.13. The second-order valence-electron chi connectivity index (χ2n) is 3.88. The molecule has 0 aliphatic rings. The van der Waals surface area contributed by atoms with Crippen molar-refractivity contribution in [2.45, 2.75) is 13.5 Å². The number of imidazole rings is 1. The Morgan fingerprint density at radius 3 is 2.72 bits per heavy atom. The molecule has 2 aromatic rings. The van der Waals surface area contributed by atoms with Crippen LogP contribution in [0.3, 0.4) is 0 Å². The predicted molar refractivity (Wildman–Crippen MR) is 68.1 cm³/mol. The van der Waals surface area contributed by atoms with Crippen LogP contribution in [0.4, 0.5) is 5.82 Å². The lowest BCUT2D eigenvalue weighted by atomic mass is 10.2. The second kappa shape index (κ2) is 5.35. The topological polar surface area (TPSA) is 70.1 Å². The van der Waals surface area contributed by atoms with Gasteiger partial charge in [-0.25, -0.2) is 9.78 Å². The third kappa shape index (κ3) is 2.68. The minimum absolute atomic E-state index is 0.273. The lowest BCUT2D eigenvalue weighted by Gasteiger charge is -2.08. The Labute approximate surface area is 105 Å². The highest BCUT2D eigenvalue weighted by Gasteiger charge is 2.07. The molecule has 0 aliphatic carbocycles. The van der Waals surface area contributed by atoms with Gasteiger partial charge in [0.15, 0.2) is 0 Å². The molecule has 0 unspecified atom stereocenters. The molecule has 0 saturated heterocycles. The van der Waals surface area contributed by atoms with Crippen LogP contribution in [0.1, 0.15) is 16.2 Å². The number of carbonyl (C=O) groups excluding carboxylic acids is 1. The maximum atomic E-state index is 11.7. The summed E-state index contributed by atoms with van der Waals surface area (Å²) in [4.78, 5) is 15.7. The van der Waals surface area contributed by atoms with Crippen molar-refractivity contribution in [3.63, 3.8) is 0 Å². The zero-order valence-electron chi connectivity index (χ0n) is 10.2. The summed E-state index contributed by atoms with van der Waals surface area (Å²) in [6.45, 7) is 2.64. The highest BCUT2D eigenvalue weighted by Crippen LogP contribution is 2.06. The molecule has 0 bridgehead atoms. The highest BCUT2D eigenvalue weighted by molar-refractivity contribution is 5.89. The van der Waals surface area contributed by atoms with Gasteiger partial charge in [-0.3, -0.25) is 0 Å². The Morgan fingerprint density at radius 2 is 2.11 bits per heavy atom.